The first-order valence-electron chi connectivity index (χ1n) is 10.5. The van der Waals surface area contributed by atoms with E-state index in [1.807, 2.05) is 59.7 Å². The van der Waals surface area contributed by atoms with Crippen molar-refractivity contribution >= 4 is 22.9 Å². The van der Waals surface area contributed by atoms with Gasteiger partial charge in [0.2, 0.25) is 5.91 Å². The Labute approximate surface area is 177 Å². The average molecular weight is 411 g/mol. The molecule has 1 aliphatic heterocycles. The van der Waals surface area contributed by atoms with E-state index < -0.39 is 11.1 Å². The fraction of sp³-hybridized carbons (Fsp3) is 0.565. The van der Waals surface area contributed by atoms with E-state index in [2.05, 4.69) is 15.3 Å². The summed E-state index contributed by atoms with van der Waals surface area (Å²) in [5.74, 6) is 0.381. The lowest BCUT2D eigenvalue weighted by Gasteiger charge is -2.28. The van der Waals surface area contributed by atoms with Crippen molar-refractivity contribution in [2.24, 2.45) is 17.8 Å². The van der Waals surface area contributed by atoms with Crippen LogP contribution in [-0.4, -0.2) is 45.6 Å². The Kier molecular flexibility index (Phi) is 4.75. The Balaban J connectivity index is 1.43. The van der Waals surface area contributed by atoms with E-state index >= 15 is 0 Å². The lowest BCUT2D eigenvalue weighted by Crippen LogP contribution is -2.44. The van der Waals surface area contributed by atoms with Crippen molar-refractivity contribution in [2.75, 3.05) is 13.1 Å². The highest BCUT2D eigenvalue weighted by Gasteiger charge is 2.61. The number of carbonyl (C=O) groups is 2. The van der Waals surface area contributed by atoms with Crippen LogP contribution < -0.4 is 5.32 Å². The molecule has 2 aromatic rings. The van der Waals surface area contributed by atoms with Crippen LogP contribution in [0.5, 0.6) is 0 Å². The van der Waals surface area contributed by atoms with Crippen LogP contribution in [0.15, 0.2) is 24.5 Å². The molecule has 1 saturated carbocycles. The Morgan fingerprint density at radius 2 is 1.77 bits per heavy atom. The van der Waals surface area contributed by atoms with Crippen LogP contribution in [0, 0.1) is 24.7 Å². The lowest BCUT2D eigenvalue weighted by atomic mass is 9.94. The number of fused-ring (bicyclic) bond motifs is 2. The van der Waals surface area contributed by atoms with Gasteiger partial charge in [0, 0.05) is 24.4 Å². The Morgan fingerprint density at radius 3 is 2.40 bits per heavy atom. The fourth-order valence-electron chi connectivity index (χ4n) is 4.57. The summed E-state index contributed by atoms with van der Waals surface area (Å²) < 4.78 is 5.45. The molecule has 2 aliphatic rings. The van der Waals surface area contributed by atoms with Gasteiger partial charge in [-0.1, -0.05) is 18.2 Å². The van der Waals surface area contributed by atoms with Crippen LogP contribution in [0.4, 0.5) is 4.79 Å². The number of hydrogen-bond donors (Lipinski definition) is 1. The zero-order chi connectivity index (χ0) is 21.8. The maximum absolute atomic E-state index is 13.0. The highest BCUT2D eigenvalue weighted by molar-refractivity contribution is 5.87. The normalized spacial score (nSPS) is 23.3. The maximum Gasteiger partial charge on any atom is 0.410 e. The number of piperidine rings is 1. The van der Waals surface area contributed by atoms with Crippen molar-refractivity contribution in [3.05, 3.63) is 35.8 Å². The minimum atomic E-state index is -0.631. The monoisotopic (exact) mass is 410 g/mol. The Morgan fingerprint density at radius 1 is 1.10 bits per heavy atom. The number of likely N-dealkylation sites (tertiary alicyclic amines) is 1. The van der Waals surface area contributed by atoms with Gasteiger partial charge in [-0.3, -0.25) is 4.79 Å². The maximum atomic E-state index is 13.0. The second kappa shape index (κ2) is 6.93. The molecule has 1 N–H and O–H groups in total. The van der Waals surface area contributed by atoms with Crippen LogP contribution in [0.3, 0.4) is 0 Å². The second-order valence-corrected chi connectivity index (χ2v) is 10.0. The minimum absolute atomic E-state index is 0.0262. The first-order valence-corrected chi connectivity index (χ1v) is 10.5. The molecule has 2 amide bonds. The molecular formula is C23H30N4O3. The molecule has 1 saturated heterocycles. The number of ether oxygens (including phenoxy) is 1. The molecule has 0 spiro atoms. The SMILES string of the molecule is Cc1cccc2c(C(C)(C)NC(=O)C3C4CN(C(=O)OC(C)(C)C)CC43)ncnc12. The van der Waals surface area contributed by atoms with Crippen LogP contribution in [0.2, 0.25) is 0 Å². The topological polar surface area (TPSA) is 84.4 Å². The molecule has 2 atom stereocenters. The number of nitrogens with zero attached hydrogens (tertiary/aromatic N) is 3. The average Bonchev–Trinajstić information content (AvgIpc) is 3.14. The predicted octanol–water partition coefficient (Wildman–Crippen LogP) is 3.40. The first kappa shape index (κ1) is 20.6. The number of para-hydroxylation sites is 1. The van der Waals surface area contributed by atoms with E-state index in [0.717, 1.165) is 22.2 Å². The van der Waals surface area contributed by atoms with Crippen molar-refractivity contribution in [3.63, 3.8) is 0 Å². The van der Waals surface area contributed by atoms with Crippen molar-refractivity contribution < 1.29 is 14.3 Å². The zero-order valence-electron chi connectivity index (χ0n) is 18.5. The van der Waals surface area contributed by atoms with Crippen LogP contribution in [-0.2, 0) is 15.1 Å². The number of amides is 2. The molecule has 7 nitrogen and oxygen atoms in total. The molecule has 4 rings (SSSR count). The summed E-state index contributed by atoms with van der Waals surface area (Å²) in [5.41, 5.74) is 1.65. The zero-order valence-corrected chi connectivity index (χ0v) is 18.5. The van der Waals surface area contributed by atoms with Crippen molar-refractivity contribution in [3.8, 4) is 0 Å². The number of nitrogens with one attached hydrogen (secondary N) is 1. The summed E-state index contributed by atoms with van der Waals surface area (Å²) in [6.45, 7) is 12.7. The molecule has 7 heteroatoms. The van der Waals surface area contributed by atoms with Gasteiger partial charge in [-0.25, -0.2) is 14.8 Å². The number of benzene rings is 1. The number of aryl methyl sites for hydroxylation is 1. The van der Waals surface area contributed by atoms with Crippen molar-refractivity contribution in [1.29, 1.82) is 0 Å². The number of rotatable bonds is 3. The number of aromatic nitrogens is 2. The van der Waals surface area contributed by atoms with E-state index in [-0.39, 0.29) is 29.8 Å². The van der Waals surface area contributed by atoms with Crippen LogP contribution >= 0.6 is 0 Å². The Bertz CT molecular complexity index is 999. The fourth-order valence-corrected chi connectivity index (χ4v) is 4.57. The highest BCUT2D eigenvalue weighted by atomic mass is 16.6. The Hall–Kier alpha value is -2.70. The number of carbonyl (C=O) groups excluding carboxylic acids is 2. The third-order valence-electron chi connectivity index (χ3n) is 6.04. The lowest BCUT2D eigenvalue weighted by molar-refractivity contribution is -0.125. The van der Waals surface area contributed by atoms with Gasteiger partial charge < -0.3 is 15.0 Å². The molecular weight excluding hydrogens is 380 g/mol. The summed E-state index contributed by atoms with van der Waals surface area (Å²) in [7, 11) is 0. The molecule has 1 aromatic carbocycles. The van der Waals surface area contributed by atoms with Gasteiger partial charge in [0.15, 0.2) is 0 Å². The summed E-state index contributed by atoms with van der Waals surface area (Å²) in [6.07, 6.45) is 1.26. The molecule has 30 heavy (non-hydrogen) atoms. The highest BCUT2D eigenvalue weighted by Crippen LogP contribution is 2.52. The van der Waals surface area contributed by atoms with Crippen LogP contribution in [0.25, 0.3) is 10.9 Å². The molecule has 2 unspecified atom stereocenters. The van der Waals surface area contributed by atoms with E-state index in [9.17, 15) is 9.59 Å². The molecule has 0 bridgehead atoms. The smallest absolute Gasteiger partial charge is 0.410 e. The standard InChI is InChI=1S/C23H30N4O3/c1-13-8-7-9-14-18(13)24-12-25-19(14)23(5,6)26-20(28)17-15-10-27(11-16(15)17)21(29)30-22(2,3)4/h7-9,12,15-17H,10-11H2,1-6H3,(H,26,28). The molecule has 2 fully saturated rings. The minimum Gasteiger partial charge on any atom is -0.444 e. The van der Waals surface area contributed by atoms with Gasteiger partial charge >= 0.3 is 6.09 Å². The van der Waals surface area contributed by atoms with Gasteiger partial charge in [0.05, 0.1) is 16.7 Å². The number of hydrogen-bond acceptors (Lipinski definition) is 5. The second-order valence-electron chi connectivity index (χ2n) is 10.0. The third kappa shape index (κ3) is 3.73. The molecule has 0 radical (unpaired) electrons. The van der Waals surface area contributed by atoms with Gasteiger partial charge in [-0.2, -0.15) is 0 Å². The molecule has 1 aliphatic carbocycles. The van der Waals surface area contributed by atoms with Gasteiger partial charge in [-0.15, -0.1) is 0 Å². The van der Waals surface area contributed by atoms with E-state index in [0.29, 0.717) is 13.1 Å². The van der Waals surface area contributed by atoms with E-state index in [1.54, 1.807) is 11.2 Å². The quantitative estimate of drug-likeness (QED) is 0.838. The summed E-state index contributed by atoms with van der Waals surface area (Å²) >= 11 is 0. The molecule has 160 valence electrons. The van der Waals surface area contributed by atoms with Crippen LogP contribution in [0.1, 0.15) is 45.9 Å². The molecule has 2 heterocycles. The summed E-state index contributed by atoms with van der Waals surface area (Å²) in [5, 5.41) is 4.15. The summed E-state index contributed by atoms with van der Waals surface area (Å²) in [6, 6.07) is 6.00. The largest absolute Gasteiger partial charge is 0.444 e. The molecule has 1 aromatic heterocycles. The van der Waals surface area contributed by atoms with Crippen molar-refractivity contribution in [1.82, 2.24) is 20.2 Å². The van der Waals surface area contributed by atoms with Gasteiger partial charge in [0.25, 0.3) is 0 Å². The predicted molar refractivity (Wildman–Crippen MR) is 114 cm³/mol. The van der Waals surface area contributed by atoms with Gasteiger partial charge in [-0.05, 0) is 58.9 Å². The first-order chi connectivity index (χ1) is 14.0. The van der Waals surface area contributed by atoms with E-state index in [1.165, 1.54) is 0 Å². The van der Waals surface area contributed by atoms with Crippen molar-refractivity contribution in [2.45, 2.75) is 52.7 Å². The van der Waals surface area contributed by atoms with Gasteiger partial charge in [0.1, 0.15) is 11.9 Å². The third-order valence-corrected chi connectivity index (χ3v) is 6.04. The summed E-state index contributed by atoms with van der Waals surface area (Å²) in [4.78, 5) is 35.9. The van der Waals surface area contributed by atoms with E-state index in [4.69, 9.17) is 4.74 Å².